The van der Waals surface area contributed by atoms with Gasteiger partial charge in [0.15, 0.2) is 0 Å². The van der Waals surface area contributed by atoms with Crippen LogP contribution in [-0.4, -0.2) is 44.2 Å². The van der Waals surface area contributed by atoms with E-state index in [0.29, 0.717) is 28.9 Å². The van der Waals surface area contributed by atoms with Gasteiger partial charge in [0, 0.05) is 25.4 Å². The molecule has 2 rings (SSSR count). The first-order chi connectivity index (χ1) is 10.0. The van der Waals surface area contributed by atoms with Crippen molar-refractivity contribution < 1.29 is 9.53 Å². The van der Waals surface area contributed by atoms with Gasteiger partial charge in [0.1, 0.15) is 0 Å². The number of hydrogen-bond acceptors (Lipinski definition) is 4. The topological polar surface area (TPSA) is 67.6 Å². The molecule has 1 fully saturated rings. The van der Waals surface area contributed by atoms with Crippen LogP contribution in [0.2, 0.25) is 5.02 Å². The van der Waals surface area contributed by atoms with Crippen molar-refractivity contribution in [1.82, 2.24) is 4.90 Å². The van der Waals surface area contributed by atoms with Crippen LogP contribution >= 0.6 is 11.6 Å². The Hall–Kier alpha value is -1.30. The van der Waals surface area contributed by atoms with Crippen LogP contribution in [0.5, 0.6) is 0 Å². The number of amides is 1. The smallest absolute Gasteiger partial charge is 0.238 e. The number of rotatable bonds is 5. The number of nitrogens with one attached hydrogen (secondary N) is 1. The van der Waals surface area contributed by atoms with E-state index in [9.17, 15) is 4.79 Å². The maximum atomic E-state index is 12.0. The second-order valence-electron chi connectivity index (χ2n) is 5.54. The predicted octanol–water partition coefficient (Wildman–Crippen LogP) is 2.22. The summed E-state index contributed by atoms with van der Waals surface area (Å²) in [5.74, 6) is 0.535. The zero-order valence-electron chi connectivity index (χ0n) is 12.3. The Balaban J connectivity index is 1.80. The summed E-state index contributed by atoms with van der Waals surface area (Å²) in [6.07, 6.45) is 2.13. The van der Waals surface area contributed by atoms with E-state index in [4.69, 9.17) is 22.1 Å². The summed E-state index contributed by atoms with van der Waals surface area (Å²) in [7, 11) is 1.96. The minimum Gasteiger partial charge on any atom is -0.399 e. The summed E-state index contributed by atoms with van der Waals surface area (Å²) in [6, 6.07) is 5.06. The Bertz CT molecular complexity index is 490. The third kappa shape index (κ3) is 5.19. The average Bonchev–Trinajstić information content (AvgIpc) is 2.43. The number of carbonyl (C=O) groups excluding carboxylic acids is 1. The van der Waals surface area contributed by atoms with E-state index in [1.54, 1.807) is 18.2 Å². The van der Waals surface area contributed by atoms with E-state index >= 15 is 0 Å². The molecule has 1 amide bonds. The number of ether oxygens (including phenoxy) is 1. The van der Waals surface area contributed by atoms with Crippen LogP contribution in [0, 0.1) is 5.92 Å². The fourth-order valence-electron chi connectivity index (χ4n) is 2.50. The number of likely N-dealkylation sites (N-methyl/N-ethyl adjacent to an activating group) is 1. The SMILES string of the molecule is CN(CC(=O)Nc1ccc(N)cc1Cl)CC1CCOCC1. The first kappa shape index (κ1) is 16.1. The number of nitrogens with two attached hydrogens (primary N) is 1. The number of nitrogen functional groups attached to an aromatic ring is 1. The lowest BCUT2D eigenvalue weighted by Crippen LogP contribution is -2.35. The molecule has 116 valence electrons. The predicted molar refractivity (Wildman–Crippen MR) is 85.5 cm³/mol. The van der Waals surface area contributed by atoms with Gasteiger partial charge in [-0.2, -0.15) is 0 Å². The largest absolute Gasteiger partial charge is 0.399 e. The van der Waals surface area contributed by atoms with Gasteiger partial charge in [0.25, 0.3) is 0 Å². The Labute approximate surface area is 130 Å². The van der Waals surface area contributed by atoms with Crippen LogP contribution in [0.15, 0.2) is 18.2 Å². The second kappa shape index (κ2) is 7.64. The fraction of sp³-hybridized carbons (Fsp3) is 0.533. The molecule has 1 heterocycles. The minimum atomic E-state index is -0.0729. The highest BCUT2D eigenvalue weighted by molar-refractivity contribution is 6.34. The fourth-order valence-corrected chi connectivity index (χ4v) is 2.74. The number of carbonyl (C=O) groups is 1. The maximum absolute atomic E-state index is 12.0. The summed E-state index contributed by atoms with van der Waals surface area (Å²) in [6.45, 7) is 2.90. The zero-order chi connectivity index (χ0) is 15.2. The molecule has 0 radical (unpaired) electrons. The van der Waals surface area contributed by atoms with E-state index in [2.05, 4.69) is 5.32 Å². The molecule has 0 saturated carbocycles. The molecule has 1 aliphatic rings. The molecular weight excluding hydrogens is 290 g/mol. The van der Waals surface area contributed by atoms with Gasteiger partial charge in [0.2, 0.25) is 5.91 Å². The zero-order valence-corrected chi connectivity index (χ0v) is 13.0. The Morgan fingerprint density at radius 1 is 1.48 bits per heavy atom. The molecule has 0 atom stereocenters. The number of hydrogen-bond donors (Lipinski definition) is 2. The van der Waals surface area contributed by atoms with Crippen molar-refractivity contribution in [3.8, 4) is 0 Å². The molecule has 21 heavy (non-hydrogen) atoms. The van der Waals surface area contributed by atoms with Gasteiger partial charge in [0.05, 0.1) is 17.3 Å². The van der Waals surface area contributed by atoms with Gasteiger partial charge >= 0.3 is 0 Å². The molecule has 6 heteroatoms. The van der Waals surface area contributed by atoms with Crippen molar-refractivity contribution in [1.29, 1.82) is 0 Å². The monoisotopic (exact) mass is 311 g/mol. The van der Waals surface area contributed by atoms with Gasteiger partial charge in [-0.15, -0.1) is 0 Å². The van der Waals surface area contributed by atoms with Crippen LogP contribution < -0.4 is 11.1 Å². The molecule has 3 N–H and O–H groups in total. The van der Waals surface area contributed by atoms with Crippen molar-refractivity contribution in [2.24, 2.45) is 5.92 Å². The third-order valence-corrected chi connectivity index (χ3v) is 3.90. The number of nitrogens with zero attached hydrogens (tertiary/aromatic N) is 1. The molecule has 5 nitrogen and oxygen atoms in total. The highest BCUT2D eigenvalue weighted by Crippen LogP contribution is 2.24. The van der Waals surface area contributed by atoms with Crippen molar-refractivity contribution in [2.45, 2.75) is 12.8 Å². The Morgan fingerprint density at radius 3 is 2.86 bits per heavy atom. The third-order valence-electron chi connectivity index (χ3n) is 3.59. The summed E-state index contributed by atoms with van der Waals surface area (Å²) in [4.78, 5) is 14.1. The van der Waals surface area contributed by atoms with E-state index in [1.807, 2.05) is 11.9 Å². The first-order valence-corrected chi connectivity index (χ1v) is 7.53. The van der Waals surface area contributed by atoms with Gasteiger partial charge in [-0.3, -0.25) is 9.69 Å². The summed E-state index contributed by atoms with van der Waals surface area (Å²) in [5.41, 5.74) is 6.80. The molecular formula is C15H22ClN3O2. The average molecular weight is 312 g/mol. The van der Waals surface area contributed by atoms with Gasteiger partial charge in [-0.25, -0.2) is 0 Å². The number of halogens is 1. The van der Waals surface area contributed by atoms with Crippen LogP contribution in [-0.2, 0) is 9.53 Å². The van der Waals surface area contributed by atoms with Crippen molar-refractivity contribution in [3.63, 3.8) is 0 Å². The lowest BCUT2D eigenvalue weighted by molar-refractivity contribution is -0.117. The van der Waals surface area contributed by atoms with E-state index in [-0.39, 0.29) is 5.91 Å². The summed E-state index contributed by atoms with van der Waals surface area (Å²) in [5, 5.41) is 3.27. The first-order valence-electron chi connectivity index (χ1n) is 7.16. The van der Waals surface area contributed by atoms with Gasteiger partial charge in [-0.1, -0.05) is 11.6 Å². The lowest BCUT2D eigenvalue weighted by atomic mass is 10.00. The van der Waals surface area contributed by atoms with E-state index < -0.39 is 0 Å². The molecule has 1 saturated heterocycles. The molecule has 1 aromatic rings. The summed E-state index contributed by atoms with van der Waals surface area (Å²) < 4.78 is 5.34. The molecule has 1 aliphatic heterocycles. The van der Waals surface area contributed by atoms with Crippen molar-refractivity contribution in [2.75, 3.05) is 44.4 Å². The number of anilines is 2. The van der Waals surface area contributed by atoms with Gasteiger partial charge in [-0.05, 0) is 44.0 Å². The van der Waals surface area contributed by atoms with E-state index in [0.717, 1.165) is 32.6 Å². The lowest BCUT2D eigenvalue weighted by Gasteiger charge is -2.26. The molecule has 0 aromatic heterocycles. The molecule has 0 unspecified atom stereocenters. The highest BCUT2D eigenvalue weighted by atomic mass is 35.5. The highest BCUT2D eigenvalue weighted by Gasteiger charge is 2.17. The maximum Gasteiger partial charge on any atom is 0.238 e. The quantitative estimate of drug-likeness (QED) is 0.818. The minimum absolute atomic E-state index is 0.0729. The Kier molecular flexibility index (Phi) is 5.85. The van der Waals surface area contributed by atoms with Crippen LogP contribution in [0.25, 0.3) is 0 Å². The Morgan fingerprint density at radius 2 is 2.19 bits per heavy atom. The molecule has 0 aliphatic carbocycles. The van der Waals surface area contributed by atoms with Crippen molar-refractivity contribution >= 4 is 28.9 Å². The second-order valence-corrected chi connectivity index (χ2v) is 5.95. The van der Waals surface area contributed by atoms with Crippen LogP contribution in [0.3, 0.4) is 0 Å². The van der Waals surface area contributed by atoms with Gasteiger partial charge < -0.3 is 15.8 Å². The van der Waals surface area contributed by atoms with Crippen LogP contribution in [0.4, 0.5) is 11.4 Å². The summed E-state index contributed by atoms with van der Waals surface area (Å²) >= 11 is 6.04. The standard InChI is InChI=1S/C15H22ClN3O2/c1-19(9-11-4-6-21-7-5-11)10-15(20)18-14-3-2-12(17)8-13(14)16/h2-3,8,11H,4-7,9-10,17H2,1H3,(H,18,20). The number of benzene rings is 1. The molecule has 0 spiro atoms. The van der Waals surface area contributed by atoms with Crippen molar-refractivity contribution in [3.05, 3.63) is 23.2 Å². The van der Waals surface area contributed by atoms with E-state index in [1.165, 1.54) is 0 Å². The molecule has 1 aromatic carbocycles. The molecule has 0 bridgehead atoms. The normalized spacial score (nSPS) is 16.1. The van der Waals surface area contributed by atoms with Crippen LogP contribution in [0.1, 0.15) is 12.8 Å².